The van der Waals surface area contributed by atoms with Crippen molar-refractivity contribution in [1.29, 1.82) is 0 Å². The highest BCUT2D eigenvalue weighted by Crippen LogP contribution is 2.59. The van der Waals surface area contributed by atoms with Crippen molar-refractivity contribution in [2.45, 2.75) is 29.1 Å². The van der Waals surface area contributed by atoms with Crippen LogP contribution in [-0.4, -0.2) is 20.3 Å². The zero-order valence-corrected chi connectivity index (χ0v) is 10.3. The third kappa shape index (κ3) is 1.99. The summed E-state index contributed by atoms with van der Waals surface area (Å²) in [5.41, 5.74) is -0.0324. The molecule has 1 aliphatic rings. The van der Waals surface area contributed by atoms with Crippen molar-refractivity contribution < 1.29 is 26.0 Å². The summed E-state index contributed by atoms with van der Waals surface area (Å²) < 4.78 is 73.4. The van der Waals surface area contributed by atoms with Crippen molar-refractivity contribution in [2.75, 3.05) is 0 Å². The predicted octanol–water partition coefficient (Wildman–Crippen LogP) is 3.37. The van der Waals surface area contributed by atoms with Crippen LogP contribution in [-0.2, 0) is 9.05 Å². The molecule has 1 aliphatic carbocycles. The lowest BCUT2D eigenvalue weighted by atomic mass is 9.73. The largest absolute Gasteiger partial charge is 0.317 e. The maximum Gasteiger partial charge on any atom is 0.317 e. The molecule has 1 fully saturated rings. The van der Waals surface area contributed by atoms with Crippen LogP contribution in [0.5, 0.6) is 0 Å². The summed E-state index contributed by atoms with van der Waals surface area (Å²) in [5.74, 6) is -9.71. The fourth-order valence-corrected chi connectivity index (χ4v) is 2.60. The quantitative estimate of drug-likeness (QED) is 0.620. The van der Waals surface area contributed by atoms with Gasteiger partial charge < -0.3 is 0 Å². The van der Waals surface area contributed by atoms with E-state index in [9.17, 15) is 26.0 Å². The van der Waals surface area contributed by atoms with Crippen molar-refractivity contribution in [1.82, 2.24) is 0 Å². The molecule has 0 N–H and O–H groups in total. The van der Waals surface area contributed by atoms with Gasteiger partial charge in [-0.1, -0.05) is 12.1 Å². The van der Waals surface area contributed by atoms with Gasteiger partial charge in [0.05, 0.1) is 10.8 Å². The Bertz CT molecular complexity index is 568. The molecule has 2 nitrogen and oxygen atoms in total. The van der Waals surface area contributed by atoms with Crippen molar-refractivity contribution in [3.63, 3.8) is 0 Å². The van der Waals surface area contributed by atoms with Crippen LogP contribution in [0.3, 0.4) is 0 Å². The molecule has 8 heteroatoms. The minimum atomic E-state index is -4.10. The number of halogens is 5. The van der Waals surface area contributed by atoms with E-state index in [4.69, 9.17) is 10.7 Å². The first-order chi connectivity index (χ1) is 8.06. The molecular weight excluding hydrogens is 296 g/mol. The summed E-state index contributed by atoms with van der Waals surface area (Å²) in [4.78, 5) is -0.262. The standard InChI is InChI=1S/C10H7ClF4O2S/c11-18(16,17)7-3-1-6(2-4-7)8-5-9(12,13)10(8,14)15/h1-4,8H,5H2. The Morgan fingerprint density at radius 1 is 1.11 bits per heavy atom. The molecule has 0 aromatic heterocycles. The van der Waals surface area contributed by atoms with Crippen LogP contribution in [0, 0.1) is 0 Å². The molecule has 1 saturated carbocycles. The molecule has 1 atom stereocenters. The Kier molecular flexibility index (Phi) is 2.90. The summed E-state index contributed by atoms with van der Waals surface area (Å²) in [5, 5.41) is 0. The third-order valence-electron chi connectivity index (χ3n) is 2.95. The molecule has 0 amide bonds. The molecular formula is C10H7ClF4O2S. The highest BCUT2D eigenvalue weighted by molar-refractivity contribution is 8.13. The van der Waals surface area contributed by atoms with Gasteiger partial charge in [-0.2, -0.15) is 17.6 Å². The molecule has 0 heterocycles. The number of hydrogen-bond donors (Lipinski definition) is 0. The Labute approximate surface area is 105 Å². The minimum Gasteiger partial charge on any atom is -0.207 e. The summed E-state index contributed by atoms with van der Waals surface area (Å²) in [7, 11) is 1.09. The first kappa shape index (κ1) is 13.6. The van der Waals surface area contributed by atoms with E-state index < -0.39 is 33.2 Å². The van der Waals surface area contributed by atoms with Gasteiger partial charge in [-0.3, -0.25) is 0 Å². The first-order valence-corrected chi connectivity index (χ1v) is 7.17. The smallest absolute Gasteiger partial charge is 0.207 e. The molecule has 0 radical (unpaired) electrons. The van der Waals surface area contributed by atoms with Crippen molar-refractivity contribution in [3.05, 3.63) is 29.8 Å². The van der Waals surface area contributed by atoms with Crippen LogP contribution in [0.15, 0.2) is 29.2 Å². The lowest BCUT2D eigenvalue weighted by molar-refractivity contribution is -0.290. The van der Waals surface area contributed by atoms with E-state index in [1.165, 1.54) is 0 Å². The van der Waals surface area contributed by atoms with Crippen LogP contribution in [0.4, 0.5) is 17.6 Å². The topological polar surface area (TPSA) is 34.1 Å². The van der Waals surface area contributed by atoms with Crippen LogP contribution in [0.2, 0.25) is 0 Å². The Morgan fingerprint density at radius 2 is 1.61 bits per heavy atom. The molecule has 0 bridgehead atoms. The molecule has 18 heavy (non-hydrogen) atoms. The normalized spacial score (nSPS) is 25.5. The van der Waals surface area contributed by atoms with E-state index in [2.05, 4.69) is 0 Å². The van der Waals surface area contributed by atoms with Crippen molar-refractivity contribution >= 4 is 19.7 Å². The monoisotopic (exact) mass is 302 g/mol. The lowest BCUT2D eigenvalue weighted by Crippen LogP contribution is -2.56. The molecule has 1 aromatic carbocycles. The van der Waals surface area contributed by atoms with E-state index in [-0.39, 0.29) is 10.5 Å². The SMILES string of the molecule is O=S(=O)(Cl)c1ccc(C2CC(F)(F)C2(F)F)cc1. The van der Waals surface area contributed by atoms with Gasteiger partial charge in [0.25, 0.3) is 9.05 Å². The number of rotatable bonds is 2. The molecule has 100 valence electrons. The van der Waals surface area contributed by atoms with Crippen LogP contribution in [0.25, 0.3) is 0 Å². The third-order valence-corrected chi connectivity index (χ3v) is 4.32. The predicted molar refractivity (Wildman–Crippen MR) is 56.7 cm³/mol. The van der Waals surface area contributed by atoms with Crippen LogP contribution in [0.1, 0.15) is 17.9 Å². The van der Waals surface area contributed by atoms with Gasteiger partial charge in [0.15, 0.2) is 0 Å². The van der Waals surface area contributed by atoms with E-state index in [1.807, 2.05) is 0 Å². The van der Waals surface area contributed by atoms with Gasteiger partial charge in [-0.15, -0.1) is 0 Å². The number of benzene rings is 1. The minimum absolute atomic E-state index is 0.0324. The Morgan fingerprint density at radius 3 is 1.94 bits per heavy atom. The van der Waals surface area contributed by atoms with Gasteiger partial charge in [0.1, 0.15) is 0 Å². The van der Waals surface area contributed by atoms with Gasteiger partial charge in [-0.25, -0.2) is 8.42 Å². The molecule has 2 rings (SSSR count). The van der Waals surface area contributed by atoms with Crippen LogP contribution >= 0.6 is 10.7 Å². The highest BCUT2D eigenvalue weighted by Gasteiger charge is 2.71. The lowest BCUT2D eigenvalue weighted by Gasteiger charge is -2.44. The summed E-state index contributed by atoms with van der Waals surface area (Å²) in [6.07, 6.45) is -0.951. The summed E-state index contributed by atoms with van der Waals surface area (Å²) in [6.45, 7) is 0. The van der Waals surface area contributed by atoms with E-state index in [1.54, 1.807) is 0 Å². The first-order valence-electron chi connectivity index (χ1n) is 4.86. The summed E-state index contributed by atoms with van der Waals surface area (Å²) in [6, 6.07) is 4.18. The van der Waals surface area contributed by atoms with Crippen LogP contribution < -0.4 is 0 Å². The average Bonchev–Trinajstić information content (AvgIpc) is 2.25. The van der Waals surface area contributed by atoms with Gasteiger partial charge >= 0.3 is 11.8 Å². The van der Waals surface area contributed by atoms with Gasteiger partial charge in [0, 0.05) is 17.1 Å². The fraction of sp³-hybridized carbons (Fsp3) is 0.400. The van der Waals surface area contributed by atoms with Crippen molar-refractivity contribution in [2.24, 2.45) is 0 Å². The highest BCUT2D eigenvalue weighted by atomic mass is 35.7. The van der Waals surface area contributed by atoms with E-state index in [0.717, 1.165) is 24.3 Å². The van der Waals surface area contributed by atoms with E-state index in [0.29, 0.717) is 0 Å². The van der Waals surface area contributed by atoms with E-state index >= 15 is 0 Å². The van der Waals surface area contributed by atoms with Gasteiger partial charge in [0.2, 0.25) is 0 Å². The zero-order valence-electron chi connectivity index (χ0n) is 8.71. The second kappa shape index (κ2) is 3.84. The Hall–Kier alpha value is -0.820. The maximum atomic E-state index is 13.1. The zero-order chi connectivity index (χ0) is 13.8. The van der Waals surface area contributed by atoms with Gasteiger partial charge in [-0.05, 0) is 17.7 Å². The summed E-state index contributed by atoms with van der Waals surface area (Å²) >= 11 is 0. The Balaban J connectivity index is 2.28. The average molecular weight is 303 g/mol. The second-order valence-corrected chi connectivity index (χ2v) is 6.66. The molecule has 0 saturated heterocycles. The molecule has 0 aliphatic heterocycles. The molecule has 1 aromatic rings. The molecule has 1 unspecified atom stereocenters. The fourth-order valence-electron chi connectivity index (χ4n) is 1.83. The number of hydrogen-bond acceptors (Lipinski definition) is 2. The molecule has 0 spiro atoms. The van der Waals surface area contributed by atoms with Crippen molar-refractivity contribution in [3.8, 4) is 0 Å². The second-order valence-electron chi connectivity index (χ2n) is 4.09. The number of alkyl halides is 4. The maximum absolute atomic E-state index is 13.1.